The summed E-state index contributed by atoms with van der Waals surface area (Å²) >= 11 is 10.8. The predicted molar refractivity (Wildman–Crippen MR) is 56.1 cm³/mol. The smallest absolute Gasteiger partial charge is 0.119 e. The van der Waals surface area contributed by atoms with Crippen LogP contribution in [0.15, 0.2) is 34.8 Å². The molecule has 2 nitrogen and oxygen atoms in total. The van der Waals surface area contributed by atoms with Gasteiger partial charge in [-0.25, -0.2) is 0 Å². The fourth-order valence-corrected chi connectivity index (χ4v) is 0.891. The molecule has 0 aliphatic carbocycles. The molecule has 0 radical (unpaired) electrons. The minimum Gasteiger partial charge on any atom is -0.489 e. The molecule has 0 aliphatic heterocycles. The zero-order chi connectivity index (χ0) is 9.68. The summed E-state index contributed by atoms with van der Waals surface area (Å²) in [6.45, 7) is 0.353. The van der Waals surface area contributed by atoms with Crippen LogP contribution in [-0.2, 0) is 0 Å². The zero-order valence-corrected chi connectivity index (χ0v) is 8.35. The highest BCUT2D eigenvalue weighted by Crippen LogP contribution is 2.13. The lowest BCUT2D eigenvalue weighted by atomic mass is 10.3. The molecule has 13 heavy (non-hydrogen) atoms. The zero-order valence-electron chi connectivity index (χ0n) is 6.84. The van der Waals surface area contributed by atoms with Crippen LogP contribution < -0.4 is 10.5 Å². The van der Waals surface area contributed by atoms with Crippen molar-refractivity contribution < 1.29 is 4.74 Å². The van der Waals surface area contributed by atoms with Crippen LogP contribution in [0.4, 0.5) is 5.69 Å². The van der Waals surface area contributed by atoms with Crippen LogP contribution in [0.3, 0.4) is 0 Å². The summed E-state index contributed by atoms with van der Waals surface area (Å²) in [7, 11) is 0. The van der Waals surface area contributed by atoms with Crippen molar-refractivity contribution in [1.29, 1.82) is 0 Å². The Hall–Kier alpha value is -0.860. The number of nitrogens with two attached hydrogens (primary N) is 1. The van der Waals surface area contributed by atoms with Gasteiger partial charge in [-0.05, 0) is 30.3 Å². The van der Waals surface area contributed by atoms with Crippen molar-refractivity contribution in [2.75, 3.05) is 12.3 Å². The summed E-state index contributed by atoms with van der Waals surface area (Å²) in [4.78, 5) is 0. The van der Waals surface area contributed by atoms with Gasteiger partial charge in [-0.3, -0.25) is 0 Å². The van der Waals surface area contributed by atoms with Crippen molar-refractivity contribution >= 4 is 28.9 Å². The molecule has 0 bridgehead atoms. The topological polar surface area (TPSA) is 35.2 Å². The van der Waals surface area contributed by atoms with E-state index in [9.17, 15) is 0 Å². The highest BCUT2D eigenvalue weighted by Gasteiger charge is 1.91. The van der Waals surface area contributed by atoms with E-state index < -0.39 is 0 Å². The van der Waals surface area contributed by atoms with Crippen LogP contribution >= 0.6 is 23.2 Å². The Kier molecular flexibility index (Phi) is 3.93. The third-order valence-corrected chi connectivity index (χ3v) is 1.68. The van der Waals surface area contributed by atoms with Crippen LogP contribution in [-0.4, -0.2) is 6.61 Å². The fraction of sp³-hybridized carbons (Fsp3) is 0.111. The number of ether oxygens (including phenoxy) is 1. The molecule has 0 amide bonds. The minimum absolute atomic E-state index is 0.204. The number of hydrogen-bond acceptors (Lipinski definition) is 2. The van der Waals surface area contributed by atoms with E-state index in [1.165, 1.54) is 0 Å². The fourth-order valence-electron chi connectivity index (χ4n) is 0.765. The van der Waals surface area contributed by atoms with Gasteiger partial charge < -0.3 is 10.5 Å². The molecule has 1 rings (SSSR count). The Labute approximate surface area is 86.9 Å². The van der Waals surface area contributed by atoms with Gasteiger partial charge in [0.1, 0.15) is 16.8 Å². The van der Waals surface area contributed by atoms with E-state index in [4.69, 9.17) is 33.7 Å². The monoisotopic (exact) mass is 217 g/mol. The number of benzene rings is 1. The van der Waals surface area contributed by atoms with Crippen molar-refractivity contribution in [1.82, 2.24) is 0 Å². The van der Waals surface area contributed by atoms with Crippen LogP contribution in [0.5, 0.6) is 5.75 Å². The van der Waals surface area contributed by atoms with Crippen LogP contribution in [0.25, 0.3) is 0 Å². The van der Waals surface area contributed by atoms with E-state index in [1.54, 1.807) is 30.3 Å². The third-order valence-electron chi connectivity index (χ3n) is 1.37. The number of anilines is 1. The predicted octanol–water partition coefficient (Wildman–Crippen LogP) is 2.97. The third kappa shape index (κ3) is 4.06. The summed E-state index contributed by atoms with van der Waals surface area (Å²) in [6.07, 6.45) is 1.57. The number of rotatable bonds is 3. The molecule has 0 spiro atoms. The second-order valence-corrected chi connectivity index (χ2v) is 3.38. The maximum atomic E-state index is 5.49. The molecule has 0 heterocycles. The summed E-state index contributed by atoms with van der Waals surface area (Å²) in [5, 5.41) is 0. The van der Waals surface area contributed by atoms with Crippen LogP contribution in [0, 0.1) is 0 Å². The van der Waals surface area contributed by atoms with Gasteiger partial charge >= 0.3 is 0 Å². The van der Waals surface area contributed by atoms with E-state index in [2.05, 4.69) is 0 Å². The summed E-state index contributed by atoms with van der Waals surface area (Å²) in [5.74, 6) is 0.736. The van der Waals surface area contributed by atoms with Gasteiger partial charge in [0.15, 0.2) is 0 Å². The lowest BCUT2D eigenvalue weighted by Crippen LogP contribution is -1.93. The van der Waals surface area contributed by atoms with Gasteiger partial charge in [0.2, 0.25) is 0 Å². The SMILES string of the molecule is Nc1ccc(OCC=C(Cl)Cl)cc1. The molecular weight excluding hydrogens is 209 g/mol. The molecule has 0 saturated carbocycles. The molecule has 0 unspecified atom stereocenters. The molecule has 1 aromatic rings. The Balaban J connectivity index is 2.46. The van der Waals surface area contributed by atoms with Crippen molar-refractivity contribution in [3.8, 4) is 5.75 Å². The lowest BCUT2D eigenvalue weighted by molar-refractivity contribution is 0.363. The molecule has 0 atom stereocenters. The first-order valence-electron chi connectivity index (χ1n) is 3.68. The molecule has 0 aliphatic rings. The van der Waals surface area contributed by atoms with E-state index in [0.717, 1.165) is 5.75 Å². The average Bonchev–Trinajstić information content (AvgIpc) is 2.08. The first-order valence-corrected chi connectivity index (χ1v) is 4.43. The quantitative estimate of drug-likeness (QED) is 0.791. The van der Waals surface area contributed by atoms with Gasteiger partial charge in [0.25, 0.3) is 0 Å². The first kappa shape index (κ1) is 10.2. The van der Waals surface area contributed by atoms with E-state index >= 15 is 0 Å². The van der Waals surface area contributed by atoms with E-state index in [0.29, 0.717) is 12.3 Å². The molecule has 70 valence electrons. The first-order chi connectivity index (χ1) is 6.18. The lowest BCUT2D eigenvalue weighted by Gasteiger charge is -2.02. The Morgan fingerprint density at radius 2 is 1.92 bits per heavy atom. The second kappa shape index (κ2) is 5.00. The van der Waals surface area contributed by atoms with Crippen molar-refractivity contribution in [2.45, 2.75) is 0 Å². The Morgan fingerprint density at radius 3 is 2.46 bits per heavy atom. The normalized spacial score (nSPS) is 9.38. The van der Waals surface area contributed by atoms with Gasteiger partial charge in [-0.1, -0.05) is 23.2 Å². The molecule has 0 saturated heterocycles. The van der Waals surface area contributed by atoms with Gasteiger partial charge in [-0.15, -0.1) is 0 Å². The molecular formula is C9H9Cl2NO. The van der Waals surface area contributed by atoms with Crippen molar-refractivity contribution in [3.63, 3.8) is 0 Å². The summed E-state index contributed by atoms with van der Waals surface area (Å²) in [6, 6.07) is 7.10. The maximum Gasteiger partial charge on any atom is 0.119 e. The highest BCUT2D eigenvalue weighted by atomic mass is 35.5. The number of hydrogen-bond donors (Lipinski definition) is 1. The molecule has 0 aromatic heterocycles. The minimum atomic E-state index is 0.204. The molecule has 0 fully saturated rings. The second-order valence-electron chi connectivity index (χ2n) is 2.37. The highest BCUT2D eigenvalue weighted by molar-refractivity contribution is 6.55. The molecule has 4 heteroatoms. The van der Waals surface area contributed by atoms with Gasteiger partial charge in [0, 0.05) is 5.69 Å². The standard InChI is InChI=1S/C9H9Cl2NO/c10-9(11)5-6-13-8-3-1-7(12)2-4-8/h1-5H,6,12H2. The summed E-state index contributed by atoms with van der Waals surface area (Å²) in [5.41, 5.74) is 6.20. The maximum absolute atomic E-state index is 5.49. The van der Waals surface area contributed by atoms with E-state index in [-0.39, 0.29) is 4.49 Å². The summed E-state index contributed by atoms with van der Waals surface area (Å²) < 4.78 is 5.48. The molecule has 2 N–H and O–H groups in total. The van der Waals surface area contributed by atoms with Crippen molar-refractivity contribution in [2.24, 2.45) is 0 Å². The number of nitrogen functional groups attached to an aromatic ring is 1. The van der Waals surface area contributed by atoms with E-state index in [1.807, 2.05) is 0 Å². The van der Waals surface area contributed by atoms with Crippen molar-refractivity contribution in [3.05, 3.63) is 34.8 Å². The average molecular weight is 218 g/mol. The van der Waals surface area contributed by atoms with Gasteiger partial charge in [0.05, 0.1) is 0 Å². The largest absolute Gasteiger partial charge is 0.489 e. The van der Waals surface area contributed by atoms with Crippen LogP contribution in [0.1, 0.15) is 0 Å². The van der Waals surface area contributed by atoms with Crippen LogP contribution in [0.2, 0.25) is 0 Å². The molecule has 1 aromatic carbocycles. The van der Waals surface area contributed by atoms with Gasteiger partial charge in [-0.2, -0.15) is 0 Å². The number of halogens is 2. The Morgan fingerprint density at radius 1 is 1.31 bits per heavy atom. The Bertz CT molecular complexity index is 291.